The van der Waals surface area contributed by atoms with E-state index in [1.54, 1.807) is 4.90 Å². The van der Waals surface area contributed by atoms with Crippen LogP contribution in [-0.4, -0.2) is 30.8 Å². The van der Waals surface area contributed by atoms with Crippen molar-refractivity contribution in [3.8, 4) is 0 Å². The first kappa shape index (κ1) is 14.8. The number of carbonyl (C=O) groups is 1. The van der Waals surface area contributed by atoms with Gasteiger partial charge in [0.05, 0.1) is 12.2 Å². The van der Waals surface area contributed by atoms with E-state index in [9.17, 15) is 4.79 Å². The third-order valence-corrected chi connectivity index (χ3v) is 4.20. The van der Waals surface area contributed by atoms with Crippen molar-refractivity contribution in [1.82, 2.24) is 4.90 Å². The summed E-state index contributed by atoms with van der Waals surface area (Å²) in [6, 6.07) is 20.1. The predicted molar refractivity (Wildman–Crippen MR) is 90.2 cm³/mol. The molecule has 0 N–H and O–H groups in total. The molecule has 0 radical (unpaired) electrons. The number of carbonyl (C=O) groups excluding carboxylic acids is 1. The lowest BCUT2D eigenvalue weighted by atomic mass is 10.00. The molecular weight excluding hydrogens is 304 g/mol. The van der Waals surface area contributed by atoms with E-state index in [-0.39, 0.29) is 12.1 Å². The van der Waals surface area contributed by atoms with Gasteiger partial charge in [0.2, 0.25) is 0 Å². The average molecular weight is 322 g/mol. The quantitative estimate of drug-likeness (QED) is 0.867. The molecule has 0 bridgehead atoms. The van der Waals surface area contributed by atoms with Crippen LogP contribution in [0.15, 0.2) is 72.4 Å². The average Bonchev–Trinajstić information content (AvgIpc) is 3.23. The highest BCUT2D eigenvalue weighted by atomic mass is 16.7. The van der Waals surface area contributed by atoms with Gasteiger partial charge in [-0.1, -0.05) is 48.5 Å². The molecule has 1 amide bonds. The lowest BCUT2D eigenvalue weighted by Crippen LogP contribution is -2.23. The molecule has 4 rings (SSSR count). The monoisotopic (exact) mass is 322 g/mol. The van der Waals surface area contributed by atoms with Gasteiger partial charge in [0.15, 0.2) is 0 Å². The standard InChI is InChI=1S/C19H18N2O3/c22-19-20(11-12-23-19)13-16-14-24-21(17-9-5-2-6-10-17)18(16)15-7-3-1-4-8-15/h1-10,13,18H,11-12,14H2/b16-13+. The number of hydrogen-bond acceptors (Lipinski definition) is 4. The normalized spacial score (nSPS) is 22.2. The Morgan fingerprint density at radius 1 is 1.00 bits per heavy atom. The van der Waals surface area contributed by atoms with E-state index in [1.807, 2.05) is 59.8 Å². The first-order valence-corrected chi connectivity index (χ1v) is 7.99. The summed E-state index contributed by atoms with van der Waals surface area (Å²) in [6.07, 6.45) is 1.57. The first-order chi connectivity index (χ1) is 11.8. The van der Waals surface area contributed by atoms with Gasteiger partial charge in [-0.05, 0) is 17.7 Å². The summed E-state index contributed by atoms with van der Waals surface area (Å²) in [4.78, 5) is 19.3. The third kappa shape index (κ3) is 2.74. The van der Waals surface area contributed by atoms with E-state index in [0.717, 1.165) is 16.8 Å². The molecule has 0 aromatic heterocycles. The number of cyclic esters (lactones) is 1. The van der Waals surface area contributed by atoms with Gasteiger partial charge in [0.1, 0.15) is 19.3 Å². The van der Waals surface area contributed by atoms with Crippen LogP contribution in [0.5, 0.6) is 0 Å². The molecular formula is C19H18N2O3. The van der Waals surface area contributed by atoms with Crippen molar-refractivity contribution in [1.29, 1.82) is 0 Å². The van der Waals surface area contributed by atoms with Crippen LogP contribution in [0.25, 0.3) is 0 Å². The summed E-state index contributed by atoms with van der Waals surface area (Å²) in [5, 5.41) is 1.91. The Morgan fingerprint density at radius 2 is 1.71 bits per heavy atom. The highest BCUT2D eigenvalue weighted by Gasteiger charge is 2.34. The summed E-state index contributed by atoms with van der Waals surface area (Å²) in [6.45, 7) is 1.45. The molecule has 2 aliphatic heterocycles. The molecule has 2 aliphatic rings. The maximum absolute atomic E-state index is 11.8. The highest BCUT2D eigenvalue weighted by molar-refractivity contribution is 5.71. The number of hydrogen-bond donors (Lipinski definition) is 0. The molecule has 2 aromatic rings. The SMILES string of the molecule is O=C1OCCN1/C=C1\CON(c2ccccc2)C1c1ccccc1. The Balaban J connectivity index is 1.72. The summed E-state index contributed by atoms with van der Waals surface area (Å²) >= 11 is 0. The van der Waals surface area contributed by atoms with Gasteiger partial charge in [-0.15, -0.1) is 0 Å². The number of nitrogens with zero attached hydrogens (tertiary/aromatic N) is 2. The summed E-state index contributed by atoms with van der Waals surface area (Å²) in [5.74, 6) is 0. The zero-order chi connectivity index (χ0) is 16.4. The molecule has 122 valence electrons. The van der Waals surface area contributed by atoms with Crippen LogP contribution in [0.4, 0.5) is 10.5 Å². The Hall–Kier alpha value is -2.79. The van der Waals surface area contributed by atoms with Gasteiger partial charge in [-0.3, -0.25) is 9.74 Å². The minimum absolute atomic E-state index is 0.0676. The summed E-state index contributed by atoms with van der Waals surface area (Å²) < 4.78 is 5.02. The van der Waals surface area contributed by atoms with Crippen LogP contribution in [0.3, 0.4) is 0 Å². The van der Waals surface area contributed by atoms with Gasteiger partial charge in [0.25, 0.3) is 0 Å². The largest absolute Gasteiger partial charge is 0.447 e. The van der Waals surface area contributed by atoms with Crippen molar-refractivity contribution in [3.63, 3.8) is 0 Å². The molecule has 0 aliphatic carbocycles. The lowest BCUT2D eigenvalue weighted by Gasteiger charge is -2.25. The second-order valence-electron chi connectivity index (χ2n) is 5.76. The highest BCUT2D eigenvalue weighted by Crippen LogP contribution is 2.38. The first-order valence-electron chi connectivity index (χ1n) is 7.99. The van der Waals surface area contributed by atoms with Crippen molar-refractivity contribution in [2.24, 2.45) is 0 Å². The molecule has 1 atom stereocenters. The van der Waals surface area contributed by atoms with Crippen LogP contribution < -0.4 is 5.06 Å². The zero-order valence-electron chi connectivity index (χ0n) is 13.2. The zero-order valence-corrected chi connectivity index (χ0v) is 13.2. The Morgan fingerprint density at radius 3 is 2.38 bits per heavy atom. The van der Waals surface area contributed by atoms with E-state index < -0.39 is 0 Å². The van der Waals surface area contributed by atoms with Crippen LogP contribution in [0.1, 0.15) is 11.6 Å². The van der Waals surface area contributed by atoms with E-state index in [4.69, 9.17) is 9.57 Å². The maximum atomic E-state index is 11.8. The fraction of sp³-hybridized carbons (Fsp3) is 0.211. The number of anilines is 1. The van der Waals surface area contributed by atoms with Crippen LogP contribution in [0.2, 0.25) is 0 Å². The number of hydroxylamine groups is 1. The molecule has 2 fully saturated rings. The second-order valence-corrected chi connectivity index (χ2v) is 5.76. The molecule has 2 aromatic carbocycles. The molecule has 2 heterocycles. The van der Waals surface area contributed by atoms with Gasteiger partial charge in [-0.2, -0.15) is 0 Å². The lowest BCUT2D eigenvalue weighted by molar-refractivity contribution is 0.161. The Kier molecular flexibility index (Phi) is 3.92. The molecule has 5 heteroatoms. The van der Waals surface area contributed by atoms with Crippen molar-refractivity contribution < 1.29 is 14.4 Å². The third-order valence-electron chi connectivity index (χ3n) is 4.20. The molecule has 5 nitrogen and oxygen atoms in total. The smallest absolute Gasteiger partial charge is 0.413 e. The number of amides is 1. The second kappa shape index (κ2) is 6.37. The summed E-state index contributed by atoms with van der Waals surface area (Å²) in [5.41, 5.74) is 3.14. The molecule has 0 saturated carbocycles. The van der Waals surface area contributed by atoms with E-state index in [2.05, 4.69) is 12.1 Å². The Labute approximate surface area is 140 Å². The molecule has 0 spiro atoms. The van der Waals surface area contributed by atoms with Crippen LogP contribution in [-0.2, 0) is 9.57 Å². The Bertz CT molecular complexity index is 746. The number of para-hydroxylation sites is 1. The number of benzene rings is 2. The van der Waals surface area contributed by atoms with Crippen LogP contribution in [0, 0.1) is 0 Å². The van der Waals surface area contributed by atoms with E-state index in [0.29, 0.717) is 19.8 Å². The number of ether oxygens (including phenoxy) is 1. The molecule has 24 heavy (non-hydrogen) atoms. The topological polar surface area (TPSA) is 42.0 Å². The van der Waals surface area contributed by atoms with Gasteiger partial charge < -0.3 is 4.74 Å². The molecule has 2 saturated heterocycles. The minimum atomic E-state index is -0.299. The fourth-order valence-electron chi connectivity index (χ4n) is 3.06. The predicted octanol–water partition coefficient (Wildman–Crippen LogP) is 3.52. The van der Waals surface area contributed by atoms with Crippen LogP contribution >= 0.6 is 0 Å². The maximum Gasteiger partial charge on any atom is 0.413 e. The van der Waals surface area contributed by atoms with Crippen molar-refractivity contribution in [3.05, 3.63) is 78.0 Å². The molecule has 1 unspecified atom stereocenters. The van der Waals surface area contributed by atoms with Gasteiger partial charge >= 0.3 is 6.09 Å². The van der Waals surface area contributed by atoms with Gasteiger partial charge in [0, 0.05) is 11.8 Å². The van der Waals surface area contributed by atoms with Crippen molar-refractivity contribution >= 4 is 11.8 Å². The number of rotatable bonds is 3. The minimum Gasteiger partial charge on any atom is -0.447 e. The summed E-state index contributed by atoms with van der Waals surface area (Å²) in [7, 11) is 0. The van der Waals surface area contributed by atoms with Crippen molar-refractivity contribution in [2.75, 3.05) is 24.8 Å². The van der Waals surface area contributed by atoms with E-state index >= 15 is 0 Å². The van der Waals surface area contributed by atoms with E-state index in [1.165, 1.54) is 0 Å². The van der Waals surface area contributed by atoms with Crippen molar-refractivity contribution in [2.45, 2.75) is 6.04 Å². The fourth-order valence-corrected chi connectivity index (χ4v) is 3.06. The van der Waals surface area contributed by atoms with Gasteiger partial charge in [-0.25, -0.2) is 9.86 Å².